The molecule has 0 amide bonds. The molecule has 0 N–H and O–H groups in total. The average Bonchev–Trinajstić information content (AvgIpc) is 2.50. The fourth-order valence-corrected chi connectivity index (χ4v) is 4.92. The van der Waals surface area contributed by atoms with Gasteiger partial charge in [-0.3, -0.25) is 9.59 Å². The van der Waals surface area contributed by atoms with E-state index in [1.807, 2.05) is 23.5 Å². The number of hydrogen-bond acceptors (Lipinski definition) is 6. The fourth-order valence-electron chi connectivity index (χ4n) is 2.71. The maximum absolute atomic E-state index is 11.2. The van der Waals surface area contributed by atoms with Gasteiger partial charge >= 0.3 is 11.9 Å². The predicted molar refractivity (Wildman–Crippen MR) is 91.3 cm³/mol. The summed E-state index contributed by atoms with van der Waals surface area (Å²) >= 11 is 3.87. The summed E-state index contributed by atoms with van der Waals surface area (Å²) in [5.41, 5.74) is 0. The molecule has 6 heteroatoms. The van der Waals surface area contributed by atoms with Crippen LogP contribution >= 0.6 is 23.5 Å². The molecule has 0 aromatic rings. The van der Waals surface area contributed by atoms with Crippen LogP contribution in [0.5, 0.6) is 0 Å². The molecule has 2 fully saturated rings. The van der Waals surface area contributed by atoms with Crippen LogP contribution in [-0.2, 0) is 19.1 Å². The van der Waals surface area contributed by atoms with Gasteiger partial charge in [-0.2, -0.15) is 23.5 Å². The minimum absolute atomic E-state index is 0.0276. The summed E-state index contributed by atoms with van der Waals surface area (Å²) in [6, 6.07) is 0. The van der Waals surface area contributed by atoms with Crippen LogP contribution in [0.3, 0.4) is 0 Å². The monoisotopic (exact) mass is 346 g/mol. The molecule has 0 radical (unpaired) electrons. The van der Waals surface area contributed by atoms with Crippen LogP contribution in [0.2, 0.25) is 0 Å². The van der Waals surface area contributed by atoms with E-state index in [0.29, 0.717) is 12.8 Å². The quantitative estimate of drug-likeness (QED) is 0.471. The number of rotatable bonds is 9. The number of thioether (sulfide) groups is 2. The number of ether oxygens (including phenoxy) is 2. The molecule has 2 rings (SSSR count). The van der Waals surface area contributed by atoms with Crippen molar-refractivity contribution in [1.82, 2.24) is 0 Å². The summed E-state index contributed by atoms with van der Waals surface area (Å²) in [6.45, 7) is 0. The van der Waals surface area contributed by atoms with E-state index >= 15 is 0 Å². The molecule has 2 heterocycles. The minimum atomic E-state index is -0.0276. The summed E-state index contributed by atoms with van der Waals surface area (Å²) in [7, 11) is 0. The lowest BCUT2D eigenvalue weighted by Gasteiger charge is -2.22. The van der Waals surface area contributed by atoms with E-state index in [1.165, 1.54) is 0 Å². The number of carbonyl (C=O) groups excluding carboxylic acids is 2. The van der Waals surface area contributed by atoms with Crippen molar-refractivity contribution in [2.75, 3.05) is 23.0 Å². The van der Waals surface area contributed by atoms with Crippen LogP contribution < -0.4 is 0 Å². The SMILES string of the molecule is O=C1CCCC(CCSCCSCCC2CCCC(=O)O2)O1. The van der Waals surface area contributed by atoms with Crippen LogP contribution in [0.4, 0.5) is 0 Å². The molecule has 0 bridgehead atoms. The Kier molecular flexibility index (Phi) is 8.52. The molecule has 2 atom stereocenters. The topological polar surface area (TPSA) is 52.6 Å². The smallest absolute Gasteiger partial charge is 0.306 e. The highest BCUT2D eigenvalue weighted by atomic mass is 32.2. The Hall–Kier alpha value is -0.360. The van der Waals surface area contributed by atoms with Gasteiger partial charge in [0.1, 0.15) is 12.2 Å². The second-order valence-electron chi connectivity index (χ2n) is 5.81. The van der Waals surface area contributed by atoms with Crippen LogP contribution in [-0.4, -0.2) is 47.2 Å². The van der Waals surface area contributed by atoms with Crippen LogP contribution in [0, 0.1) is 0 Å². The van der Waals surface area contributed by atoms with Crippen molar-refractivity contribution in [2.24, 2.45) is 0 Å². The Morgan fingerprint density at radius 2 is 1.23 bits per heavy atom. The van der Waals surface area contributed by atoms with Crippen molar-refractivity contribution in [2.45, 2.75) is 63.6 Å². The third-order valence-electron chi connectivity index (χ3n) is 3.95. The Bertz CT molecular complexity index is 328. The zero-order valence-corrected chi connectivity index (χ0v) is 14.7. The van der Waals surface area contributed by atoms with E-state index in [2.05, 4.69) is 0 Å². The van der Waals surface area contributed by atoms with Crippen LogP contribution in [0.25, 0.3) is 0 Å². The second kappa shape index (κ2) is 10.4. The van der Waals surface area contributed by atoms with E-state index in [9.17, 15) is 9.59 Å². The van der Waals surface area contributed by atoms with Crippen molar-refractivity contribution in [3.63, 3.8) is 0 Å². The molecule has 2 saturated heterocycles. The Morgan fingerprint density at radius 1 is 0.773 bits per heavy atom. The van der Waals surface area contributed by atoms with Crippen molar-refractivity contribution in [3.8, 4) is 0 Å². The molecule has 2 aliphatic heterocycles. The van der Waals surface area contributed by atoms with Gasteiger partial charge in [0.15, 0.2) is 0 Å². The predicted octanol–water partition coefficient (Wildman–Crippen LogP) is 3.42. The molecule has 4 nitrogen and oxygen atoms in total. The van der Waals surface area contributed by atoms with E-state index in [4.69, 9.17) is 9.47 Å². The molecule has 0 aromatic carbocycles. The van der Waals surface area contributed by atoms with Crippen LogP contribution in [0.1, 0.15) is 51.4 Å². The molecule has 0 spiro atoms. The summed E-state index contributed by atoms with van der Waals surface area (Å²) in [5.74, 6) is 4.35. The van der Waals surface area contributed by atoms with Crippen molar-refractivity contribution < 1.29 is 19.1 Å². The number of carbonyl (C=O) groups is 2. The molecule has 0 aliphatic carbocycles. The number of hydrogen-bond donors (Lipinski definition) is 0. The van der Waals surface area contributed by atoms with E-state index in [1.54, 1.807) is 0 Å². The standard InChI is InChI=1S/C16H26O4S2/c17-15-5-1-3-13(19-15)7-9-21-11-12-22-10-8-14-4-2-6-16(18)20-14/h13-14H,1-12H2. The summed E-state index contributed by atoms with van der Waals surface area (Å²) in [4.78, 5) is 22.3. The first-order valence-corrected chi connectivity index (χ1v) is 10.6. The van der Waals surface area contributed by atoms with Crippen molar-refractivity contribution in [3.05, 3.63) is 0 Å². The molecular weight excluding hydrogens is 320 g/mol. The Balaban J connectivity index is 1.38. The normalized spacial score (nSPS) is 25.6. The highest BCUT2D eigenvalue weighted by Crippen LogP contribution is 2.21. The minimum Gasteiger partial charge on any atom is -0.462 e. The van der Waals surface area contributed by atoms with Gasteiger partial charge in [-0.25, -0.2) is 0 Å². The van der Waals surface area contributed by atoms with Gasteiger partial charge in [0, 0.05) is 24.3 Å². The van der Waals surface area contributed by atoms with E-state index < -0.39 is 0 Å². The third-order valence-corrected chi connectivity index (χ3v) is 6.24. The van der Waals surface area contributed by atoms with Crippen molar-refractivity contribution >= 4 is 35.5 Å². The first kappa shape index (κ1) is 18.0. The van der Waals surface area contributed by atoms with Gasteiger partial charge in [0.05, 0.1) is 0 Å². The lowest BCUT2D eigenvalue weighted by molar-refractivity contribution is -0.154. The Labute approximate surface area is 141 Å². The van der Waals surface area contributed by atoms with E-state index in [-0.39, 0.29) is 24.1 Å². The second-order valence-corrected chi connectivity index (χ2v) is 8.26. The average molecular weight is 347 g/mol. The molecule has 22 heavy (non-hydrogen) atoms. The zero-order chi connectivity index (χ0) is 15.6. The van der Waals surface area contributed by atoms with Gasteiger partial charge in [0.25, 0.3) is 0 Å². The van der Waals surface area contributed by atoms with Gasteiger partial charge in [0.2, 0.25) is 0 Å². The van der Waals surface area contributed by atoms with E-state index in [0.717, 1.165) is 61.5 Å². The maximum atomic E-state index is 11.2. The number of esters is 2. The first-order valence-electron chi connectivity index (χ1n) is 8.28. The summed E-state index contributed by atoms with van der Waals surface area (Å²) in [6.07, 6.45) is 7.49. The first-order chi connectivity index (χ1) is 10.7. The van der Waals surface area contributed by atoms with Crippen LogP contribution in [0.15, 0.2) is 0 Å². The summed E-state index contributed by atoms with van der Waals surface area (Å²) < 4.78 is 10.6. The molecule has 0 saturated carbocycles. The highest BCUT2D eigenvalue weighted by Gasteiger charge is 2.20. The molecule has 2 aliphatic rings. The van der Waals surface area contributed by atoms with Gasteiger partial charge in [-0.1, -0.05) is 0 Å². The maximum Gasteiger partial charge on any atom is 0.306 e. The lowest BCUT2D eigenvalue weighted by Crippen LogP contribution is -2.24. The van der Waals surface area contributed by atoms with Gasteiger partial charge < -0.3 is 9.47 Å². The highest BCUT2D eigenvalue weighted by molar-refractivity contribution is 8.02. The molecular formula is C16H26O4S2. The molecule has 2 unspecified atom stereocenters. The third kappa shape index (κ3) is 7.27. The lowest BCUT2D eigenvalue weighted by atomic mass is 10.1. The molecule has 126 valence electrons. The zero-order valence-electron chi connectivity index (χ0n) is 13.1. The number of cyclic esters (lactones) is 2. The largest absolute Gasteiger partial charge is 0.462 e. The summed E-state index contributed by atoms with van der Waals surface area (Å²) in [5, 5.41) is 0. The fraction of sp³-hybridized carbons (Fsp3) is 0.875. The van der Waals surface area contributed by atoms with Gasteiger partial charge in [-0.15, -0.1) is 0 Å². The van der Waals surface area contributed by atoms with Gasteiger partial charge in [-0.05, 0) is 50.0 Å². The van der Waals surface area contributed by atoms with Crippen molar-refractivity contribution in [1.29, 1.82) is 0 Å². The Morgan fingerprint density at radius 3 is 1.64 bits per heavy atom. The molecule has 0 aromatic heterocycles.